The summed E-state index contributed by atoms with van der Waals surface area (Å²) in [5, 5.41) is 10.4. The number of nitrogens with zero attached hydrogens (tertiary/aromatic N) is 2. The van der Waals surface area contributed by atoms with Gasteiger partial charge < -0.3 is 10.6 Å². The first-order chi connectivity index (χ1) is 11.5. The summed E-state index contributed by atoms with van der Waals surface area (Å²) in [6.07, 6.45) is 0.737. The third-order valence-electron chi connectivity index (χ3n) is 4.40. The van der Waals surface area contributed by atoms with Crippen molar-refractivity contribution >= 4 is 18.3 Å². The molecule has 2 aromatic rings. The van der Waals surface area contributed by atoms with E-state index in [2.05, 4.69) is 15.7 Å². The maximum atomic E-state index is 13.6. The molecule has 2 N–H and O–H groups in total. The third-order valence-corrected chi connectivity index (χ3v) is 4.40. The largest absolute Gasteiger partial charge is 0.346 e. The molecule has 0 bridgehead atoms. The number of benzene rings is 1. The highest BCUT2D eigenvalue weighted by atomic mass is 35.5. The molecule has 0 saturated carbocycles. The maximum absolute atomic E-state index is 13.6. The van der Waals surface area contributed by atoms with E-state index in [-0.39, 0.29) is 30.3 Å². The number of hydrogen-bond acceptors (Lipinski definition) is 3. The average molecular weight is 371 g/mol. The lowest BCUT2D eigenvalue weighted by molar-refractivity contribution is 0.0915. The van der Waals surface area contributed by atoms with Gasteiger partial charge in [-0.15, -0.1) is 12.4 Å². The summed E-state index contributed by atoms with van der Waals surface area (Å²) < 4.78 is 28.3. The molecular formula is C17H21ClF2N4O. The van der Waals surface area contributed by atoms with Gasteiger partial charge in [0, 0.05) is 25.6 Å². The van der Waals surface area contributed by atoms with Crippen molar-refractivity contribution in [3.63, 3.8) is 0 Å². The molecule has 1 aromatic heterocycles. The molecule has 2 unspecified atom stereocenters. The lowest BCUT2D eigenvalue weighted by Gasteiger charge is -2.33. The molecule has 1 amide bonds. The molecule has 2 heterocycles. The predicted molar refractivity (Wildman–Crippen MR) is 93.0 cm³/mol. The number of carbonyl (C=O) groups excluding carboxylic acids is 1. The van der Waals surface area contributed by atoms with E-state index in [1.165, 1.54) is 10.7 Å². The molecule has 1 aliphatic rings. The summed E-state index contributed by atoms with van der Waals surface area (Å²) in [5.41, 5.74) is 1.94. The Labute approximate surface area is 151 Å². The highest BCUT2D eigenvalue weighted by Gasteiger charge is 2.29. The van der Waals surface area contributed by atoms with Gasteiger partial charge in [0.25, 0.3) is 5.91 Å². The number of carbonyl (C=O) groups is 1. The monoisotopic (exact) mass is 370 g/mol. The number of hydrogen-bond donors (Lipinski definition) is 2. The number of aromatic nitrogens is 2. The van der Waals surface area contributed by atoms with E-state index in [1.54, 1.807) is 19.2 Å². The molecule has 5 nitrogen and oxygen atoms in total. The van der Waals surface area contributed by atoms with E-state index < -0.39 is 11.6 Å². The van der Waals surface area contributed by atoms with Crippen LogP contribution in [0.25, 0.3) is 0 Å². The Morgan fingerprint density at radius 1 is 1.32 bits per heavy atom. The van der Waals surface area contributed by atoms with Gasteiger partial charge in [0.2, 0.25) is 0 Å². The van der Waals surface area contributed by atoms with Gasteiger partial charge in [-0.05, 0) is 43.7 Å². The predicted octanol–water partition coefficient (Wildman–Crippen LogP) is 2.30. The number of halogens is 3. The van der Waals surface area contributed by atoms with Gasteiger partial charge in [-0.1, -0.05) is 6.07 Å². The van der Waals surface area contributed by atoms with Gasteiger partial charge in [-0.3, -0.25) is 9.48 Å². The molecule has 1 saturated heterocycles. The Bertz CT molecular complexity index is 765. The van der Waals surface area contributed by atoms with Crippen molar-refractivity contribution < 1.29 is 13.6 Å². The van der Waals surface area contributed by atoms with Gasteiger partial charge in [0.15, 0.2) is 11.6 Å². The summed E-state index contributed by atoms with van der Waals surface area (Å²) in [6.45, 7) is 3.16. The summed E-state index contributed by atoms with van der Waals surface area (Å²) in [7, 11) is 1.72. The van der Waals surface area contributed by atoms with Crippen LogP contribution in [0.5, 0.6) is 0 Å². The molecular weight excluding hydrogens is 350 g/mol. The maximum Gasteiger partial charge on any atom is 0.269 e. The number of piperidine rings is 1. The zero-order chi connectivity index (χ0) is 17.3. The van der Waals surface area contributed by atoms with Crippen LogP contribution in [0.3, 0.4) is 0 Å². The molecule has 8 heteroatoms. The molecule has 3 rings (SSSR count). The van der Waals surface area contributed by atoms with E-state index >= 15 is 0 Å². The summed E-state index contributed by atoms with van der Waals surface area (Å²) >= 11 is 0. The zero-order valence-electron chi connectivity index (χ0n) is 14.1. The van der Waals surface area contributed by atoms with Crippen molar-refractivity contribution in [1.29, 1.82) is 0 Å². The first-order valence-corrected chi connectivity index (χ1v) is 7.93. The summed E-state index contributed by atoms with van der Waals surface area (Å²) in [6, 6.07) is 5.46. The fourth-order valence-electron chi connectivity index (χ4n) is 3.22. The van der Waals surface area contributed by atoms with Crippen molar-refractivity contribution in [1.82, 2.24) is 20.4 Å². The number of rotatable bonds is 3. The standard InChI is InChI=1S/C17H20F2N4O.ClH/c1-10-7-16(23(2)22-10)17(24)21-15-9-20-6-5-12(15)11-3-4-13(18)14(19)8-11;/h3-4,7-8,12,15,20H,5-6,9H2,1-2H3,(H,21,24);1H. The lowest BCUT2D eigenvalue weighted by Crippen LogP contribution is -2.50. The number of aryl methyl sites for hydroxylation is 2. The fourth-order valence-corrected chi connectivity index (χ4v) is 3.22. The smallest absolute Gasteiger partial charge is 0.269 e. The molecule has 0 radical (unpaired) electrons. The van der Waals surface area contributed by atoms with E-state index in [0.717, 1.165) is 24.7 Å². The molecule has 25 heavy (non-hydrogen) atoms. The lowest BCUT2D eigenvalue weighted by atomic mass is 9.86. The van der Waals surface area contributed by atoms with Gasteiger partial charge in [0.05, 0.1) is 5.69 Å². The molecule has 2 atom stereocenters. The van der Waals surface area contributed by atoms with Crippen LogP contribution in [0.15, 0.2) is 24.3 Å². The van der Waals surface area contributed by atoms with Crippen molar-refractivity contribution in [2.45, 2.75) is 25.3 Å². The van der Waals surface area contributed by atoms with E-state index in [4.69, 9.17) is 0 Å². The van der Waals surface area contributed by atoms with E-state index in [0.29, 0.717) is 17.8 Å². The zero-order valence-corrected chi connectivity index (χ0v) is 14.9. The first-order valence-electron chi connectivity index (χ1n) is 7.93. The molecule has 0 aliphatic carbocycles. The Morgan fingerprint density at radius 2 is 2.08 bits per heavy atom. The van der Waals surface area contributed by atoms with Crippen LogP contribution in [-0.4, -0.2) is 34.8 Å². The molecule has 1 aromatic carbocycles. The van der Waals surface area contributed by atoms with Crippen LogP contribution in [0, 0.1) is 18.6 Å². The van der Waals surface area contributed by atoms with Crippen molar-refractivity contribution in [3.05, 3.63) is 52.9 Å². The van der Waals surface area contributed by atoms with Crippen LogP contribution in [0.4, 0.5) is 8.78 Å². The second-order valence-electron chi connectivity index (χ2n) is 6.15. The highest BCUT2D eigenvalue weighted by Crippen LogP contribution is 2.27. The minimum Gasteiger partial charge on any atom is -0.346 e. The summed E-state index contributed by atoms with van der Waals surface area (Å²) in [4.78, 5) is 12.5. The van der Waals surface area contributed by atoms with Crippen LogP contribution in [0.2, 0.25) is 0 Å². The minimum absolute atomic E-state index is 0. The molecule has 1 fully saturated rings. The van der Waals surface area contributed by atoms with Gasteiger partial charge >= 0.3 is 0 Å². The van der Waals surface area contributed by atoms with Crippen molar-refractivity contribution in [3.8, 4) is 0 Å². The Kier molecular flexibility index (Phi) is 6.13. The number of nitrogens with one attached hydrogen (secondary N) is 2. The topological polar surface area (TPSA) is 59.0 Å². The molecule has 1 aliphatic heterocycles. The van der Waals surface area contributed by atoms with Crippen molar-refractivity contribution in [2.75, 3.05) is 13.1 Å². The van der Waals surface area contributed by atoms with Gasteiger partial charge in [-0.2, -0.15) is 5.10 Å². The van der Waals surface area contributed by atoms with Crippen molar-refractivity contribution in [2.24, 2.45) is 7.05 Å². The minimum atomic E-state index is -0.863. The second kappa shape index (κ2) is 7.93. The third kappa shape index (κ3) is 4.16. The van der Waals surface area contributed by atoms with Crippen LogP contribution >= 0.6 is 12.4 Å². The quantitative estimate of drug-likeness (QED) is 0.871. The van der Waals surface area contributed by atoms with Crippen LogP contribution in [-0.2, 0) is 7.05 Å². The normalized spacial score (nSPS) is 20.0. The van der Waals surface area contributed by atoms with E-state index in [9.17, 15) is 13.6 Å². The Hall–Kier alpha value is -1.99. The molecule has 136 valence electrons. The summed E-state index contributed by atoms with van der Waals surface area (Å²) in [5.74, 6) is -2.02. The Morgan fingerprint density at radius 3 is 2.72 bits per heavy atom. The Balaban J connectivity index is 0.00000225. The number of amides is 1. The second-order valence-corrected chi connectivity index (χ2v) is 6.15. The highest BCUT2D eigenvalue weighted by molar-refractivity contribution is 5.93. The molecule has 0 spiro atoms. The SMILES string of the molecule is Cc1cc(C(=O)NC2CNCCC2c2ccc(F)c(F)c2)n(C)n1.Cl. The average Bonchev–Trinajstić information content (AvgIpc) is 2.89. The van der Waals surface area contributed by atoms with Crippen LogP contribution < -0.4 is 10.6 Å². The van der Waals surface area contributed by atoms with E-state index in [1.807, 2.05) is 6.92 Å². The van der Waals surface area contributed by atoms with Gasteiger partial charge in [-0.25, -0.2) is 8.78 Å². The fraction of sp³-hybridized carbons (Fsp3) is 0.412. The first kappa shape index (κ1) is 19.3. The van der Waals surface area contributed by atoms with Crippen LogP contribution in [0.1, 0.15) is 34.1 Å². The van der Waals surface area contributed by atoms with Gasteiger partial charge in [0.1, 0.15) is 5.69 Å².